The first kappa shape index (κ1) is 7.70. The maximum Gasteiger partial charge on any atom is -0.0131 e. The van der Waals surface area contributed by atoms with Gasteiger partial charge in [0.2, 0.25) is 0 Å². The molecule has 0 amide bonds. The van der Waals surface area contributed by atoms with Crippen LogP contribution in [0.1, 0.15) is 44.9 Å². The van der Waals surface area contributed by atoms with Crippen LogP contribution in [0.15, 0.2) is 0 Å². The molecule has 0 radical (unpaired) electrons. The maximum absolute atomic E-state index is 1.77. The minimum absolute atomic E-state index is 0.953. The Balaban J connectivity index is 1.61. The summed E-state index contributed by atoms with van der Waals surface area (Å²) in [6, 6.07) is 0. The van der Waals surface area contributed by atoms with Gasteiger partial charge in [0.05, 0.1) is 0 Å². The average molecular weight is 236 g/mol. The van der Waals surface area contributed by atoms with Gasteiger partial charge in [-0.2, -0.15) is 0 Å². The number of hydrogen-bond donors (Lipinski definition) is 0. The quantitative estimate of drug-likeness (QED) is 0.604. The molecule has 9 aliphatic rings. The van der Waals surface area contributed by atoms with Gasteiger partial charge in [-0.3, -0.25) is 0 Å². The Labute approximate surface area is 108 Å². The molecule has 0 nitrogen and oxygen atoms in total. The molecule has 9 saturated carbocycles. The summed E-state index contributed by atoms with van der Waals surface area (Å²) < 4.78 is 0. The van der Waals surface area contributed by atoms with Crippen molar-refractivity contribution in [3.05, 3.63) is 0 Å². The predicted octanol–water partition coefficient (Wildman–Crippen LogP) is 3.47. The van der Waals surface area contributed by atoms with Crippen molar-refractivity contribution in [1.29, 1.82) is 0 Å². The minimum atomic E-state index is 0.953. The van der Waals surface area contributed by atoms with E-state index in [0.717, 1.165) is 27.1 Å². The third-order valence-electron chi connectivity index (χ3n) is 12.0. The molecule has 0 saturated heterocycles. The van der Waals surface area contributed by atoms with Gasteiger partial charge in [-0.15, -0.1) is 0 Å². The molecule has 11 unspecified atom stereocenters. The summed E-state index contributed by atoms with van der Waals surface area (Å²) >= 11 is 0. The standard InChI is InChI=1S/C18H20/c1-10-14-4-9-13-8-2-15(13)5-12-16(3-8,6-14)17(9,7-14)18(10,12)11(1)15/h8-13H,1-7H2. The highest BCUT2D eigenvalue weighted by Crippen LogP contribution is 3.14. The van der Waals surface area contributed by atoms with Gasteiger partial charge in [0.25, 0.3) is 0 Å². The molecular formula is C18H20. The van der Waals surface area contributed by atoms with Crippen LogP contribution in [0.25, 0.3) is 0 Å². The van der Waals surface area contributed by atoms with E-state index in [4.69, 9.17) is 0 Å². The molecule has 92 valence electrons. The van der Waals surface area contributed by atoms with Crippen molar-refractivity contribution >= 4 is 0 Å². The summed E-state index contributed by atoms with van der Waals surface area (Å²) in [5.74, 6) is 7.64. The molecule has 0 heteroatoms. The molecule has 3 spiro atoms. The number of hydrogen-bond acceptors (Lipinski definition) is 0. The fourth-order valence-electron chi connectivity index (χ4n) is 13.3. The summed E-state index contributed by atoms with van der Waals surface area (Å²) in [4.78, 5) is 0. The Bertz CT molecular complexity index is 636. The van der Waals surface area contributed by atoms with Gasteiger partial charge in [-0.25, -0.2) is 0 Å². The highest BCUT2D eigenvalue weighted by Gasteiger charge is 3.08. The Morgan fingerprint density at radius 2 is 1.83 bits per heavy atom. The molecule has 5 bridgehead atoms. The van der Waals surface area contributed by atoms with Gasteiger partial charge in [0.1, 0.15) is 0 Å². The lowest BCUT2D eigenvalue weighted by molar-refractivity contribution is -0.461. The van der Waals surface area contributed by atoms with Crippen molar-refractivity contribution in [3.63, 3.8) is 0 Å². The summed E-state index contributed by atoms with van der Waals surface area (Å²) in [5.41, 5.74) is 4.92. The molecule has 9 aliphatic carbocycles. The van der Waals surface area contributed by atoms with Gasteiger partial charge in [-0.05, 0) is 108 Å². The zero-order valence-electron chi connectivity index (χ0n) is 10.9. The van der Waals surface area contributed by atoms with Crippen molar-refractivity contribution in [2.75, 3.05) is 0 Å². The Morgan fingerprint density at radius 3 is 2.83 bits per heavy atom. The smallest absolute Gasteiger partial charge is 0.0131 e. The Morgan fingerprint density at radius 1 is 0.833 bits per heavy atom. The first-order valence-electron chi connectivity index (χ1n) is 8.75. The van der Waals surface area contributed by atoms with Crippen LogP contribution in [0, 0.1) is 62.6 Å². The molecule has 9 fully saturated rings. The van der Waals surface area contributed by atoms with Crippen LogP contribution >= 0.6 is 0 Å². The van der Waals surface area contributed by atoms with Crippen molar-refractivity contribution in [1.82, 2.24) is 0 Å². The first-order valence-corrected chi connectivity index (χ1v) is 8.75. The fraction of sp³-hybridized carbons (Fsp3) is 1.00. The predicted molar refractivity (Wildman–Crippen MR) is 65.4 cm³/mol. The molecule has 0 heterocycles. The third-order valence-corrected chi connectivity index (χ3v) is 12.0. The molecule has 0 aromatic rings. The van der Waals surface area contributed by atoms with Crippen molar-refractivity contribution in [2.45, 2.75) is 44.9 Å². The van der Waals surface area contributed by atoms with Crippen molar-refractivity contribution in [2.24, 2.45) is 62.6 Å². The second kappa shape index (κ2) is 1.44. The van der Waals surface area contributed by atoms with E-state index in [9.17, 15) is 0 Å². The van der Waals surface area contributed by atoms with E-state index in [0.29, 0.717) is 0 Å². The molecule has 9 rings (SSSR count). The van der Waals surface area contributed by atoms with E-state index in [1.54, 1.807) is 44.9 Å². The Hall–Kier alpha value is 0. The second-order valence-electron chi connectivity index (χ2n) is 10.6. The van der Waals surface area contributed by atoms with Crippen LogP contribution in [0.2, 0.25) is 0 Å². The summed E-state index contributed by atoms with van der Waals surface area (Å²) in [5, 5.41) is 0. The fourth-order valence-corrected chi connectivity index (χ4v) is 13.3. The van der Waals surface area contributed by atoms with E-state index >= 15 is 0 Å². The topological polar surface area (TPSA) is 0 Å². The molecule has 0 aromatic heterocycles. The van der Waals surface area contributed by atoms with Gasteiger partial charge in [-0.1, -0.05) is 0 Å². The van der Waals surface area contributed by atoms with E-state index in [2.05, 4.69) is 0 Å². The van der Waals surface area contributed by atoms with Gasteiger partial charge in [0.15, 0.2) is 0 Å². The molecule has 11 atom stereocenters. The lowest BCUT2D eigenvalue weighted by atomic mass is 9.11. The van der Waals surface area contributed by atoms with Crippen molar-refractivity contribution in [3.8, 4) is 0 Å². The molecule has 0 N–H and O–H groups in total. The summed E-state index contributed by atoms with van der Waals surface area (Å²) in [6.07, 6.45) is 12.2. The normalized spacial score (nSPS) is 98.7. The van der Waals surface area contributed by atoms with Crippen LogP contribution in [0.4, 0.5) is 0 Å². The van der Waals surface area contributed by atoms with Crippen LogP contribution in [0.3, 0.4) is 0 Å². The third kappa shape index (κ3) is 0.298. The molecular weight excluding hydrogens is 216 g/mol. The zero-order valence-corrected chi connectivity index (χ0v) is 10.9. The SMILES string of the molecule is C1C2C34CC5C6C7CC68CC6C(C7)(C3)C5(C4)C26C18. The Kier molecular flexibility index (Phi) is 0.615. The highest BCUT2D eigenvalue weighted by atomic mass is 15.1. The van der Waals surface area contributed by atoms with Crippen LogP contribution in [0.5, 0.6) is 0 Å². The summed E-state index contributed by atoms with van der Waals surface area (Å²) in [6.45, 7) is 0. The lowest BCUT2D eigenvalue weighted by Gasteiger charge is -2.93. The van der Waals surface area contributed by atoms with E-state index in [1.165, 1.54) is 35.5 Å². The minimum Gasteiger partial charge on any atom is -0.0454 e. The molecule has 0 aromatic carbocycles. The monoisotopic (exact) mass is 236 g/mol. The largest absolute Gasteiger partial charge is 0.0454 e. The van der Waals surface area contributed by atoms with Gasteiger partial charge < -0.3 is 0 Å². The first-order chi connectivity index (χ1) is 8.75. The van der Waals surface area contributed by atoms with Crippen LogP contribution < -0.4 is 0 Å². The zero-order chi connectivity index (χ0) is 10.9. The van der Waals surface area contributed by atoms with E-state index in [1.807, 2.05) is 0 Å². The van der Waals surface area contributed by atoms with Crippen molar-refractivity contribution < 1.29 is 0 Å². The van der Waals surface area contributed by atoms with Crippen LogP contribution in [-0.4, -0.2) is 0 Å². The average Bonchev–Trinajstić information content (AvgIpc) is 2.75. The highest BCUT2D eigenvalue weighted by molar-refractivity contribution is 5.55. The van der Waals surface area contributed by atoms with Crippen LogP contribution in [-0.2, 0) is 0 Å². The second-order valence-corrected chi connectivity index (χ2v) is 10.6. The maximum atomic E-state index is 1.77. The van der Waals surface area contributed by atoms with Gasteiger partial charge >= 0.3 is 0 Å². The molecule has 18 heavy (non-hydrogen) atoms. The summed E-state index contributed by atoms with van der Waals surface area (Å²) in [7, 11) is 0. The van der Waals surface area contributed by atoms with E-state index in [-0.39, 0.29) is 0 Å². The molecule has 0 aliphatic heterocycles. The number of rotatable bonds is 0. The van der Waals surface area contributed by atoms with E-state index < -0.39 is 0 Å². The van der Waals surface area contributed by atoms with Gasteiger partial charge in [0, 0.05) is 0 Å². The lowest BCUT2D eigenvalue weighted by Crippen LogP contribution is -2.88.